The number of carboxylic acids is 1. The van der Waals surface area contributed by atoms with Crippen LogP contribution in [0.2, 0.25) is 0 Å². The smallest absolute Gasteiger partial charge is 0.315 e. The molecule has 14 heavy (non-hydrogen) atoms. The molecule has 1 atom stereocenters. The predicted molar refractivity (Wildman–Crippen MR) is 50.7 cm³/mol. The lowest BCUT2D eigenvalue weighted by molar-refractivity contribution is -0.151. The van der Waals surface area contributed by atoms with Crippen molar-refractivity contribution in [3.8, 4) is 0 Å². The molecule has 0 radical (unpaired) electrons. The van der Waals surface area contributed by atoms with Crippen LogP contribution in [-0.2, 0) is 9.59 Å². The number of hydrogen-bond acceptors (Lipinski definition) is 3. The number of rotatable bonds is 5. The fourth-order valence-corrected chi connectivity index (χ4v) is 1.08. The Morgan fingerprint density at radius 3 is 2.07 bits per heavy atom. The van der Waals surface area contributed by atoms with Gasteiger partial charge in [-0.25, -0.2) is 0 Å². The van der Waals surface area contributed by atoms with Crippen LogP contribution in [0.5, 0.6) is 0 Å². The summed E-state index contributed by atoms with van der Waals surface area (Å²) in [6, 6.07) is -0.101. The Balaban J connectivity index is 4.51. The van der Waals surface area contributed by atoms with Gasteiger partial charge in [0.1, 0.15) is 5.92 Å². The number of hydrogen-bond donors (Lipinski definition) is 2. The minimum atomic E-state index is -1.14. The van der Waals surface area contributed by atoms with Crippen LogP contribution in [-0.4, -0.2) is 46.2 Å². The number of aliphatic carboxylic acids is 1. The van der Waals surface area contributed by atoms with Crippen molar-refractivity contribution < 1.29 is 19.8 Å². The first-order valence-electron chi connectivity index (χ1n) is 4.56. The van der Waals surface area contributed by atoms with Gasteiger partial charge in [-0.2, -0.15) is 0 Å². The average Bonchev–Trinajstić information content (AvgIpc) is 2.11. The van der Waals surface area contributed by atoms with E-state index in [1.165, 1.54) is 11.8 Å². The van der Waals surface area contributed by atoms with E-state index in [0.29, 0.717) is 0 Å². The molecule has 0 aliphatic carbocycles. The van der Waals surface area contributed by atoms with Crippen LogP contribution in [0.25, 0.3) is 0 Å². The first-order valence-corrected chi connectivity index (χ1v) is 4.56. The Hall–Kier alpha value is -1.10. The van der Waals surface area contributed by atoms with Gasteiger partial charge in [0.05, 0.1) is 6.61 Å². The van der Waals surface area contributed by atoms with E-state index in [-0.39, 0.29) is 19.2 Å². The standard InChI is InChI=1S/C9H17NO4/c1-6(2)10(4-5-11)8(12)7(3)9(13)14/h6-7,11H,4-5H2,1-3H3,(H,13,14). The zero-order valence-electron chi connectivity index (χ0n) is 8.73. The van der Waals surface area contributed by atoms with Crippen LogP contribution in [0, 0.1) is 5.92 Å². The highest BCUT2D eigenvalue weighted by atomic mass is 16.4. The highest BCUT2D eigenvalue weighted by Gasteiger charge is 2.27. The number of carbonyl (C=O) groups is 2. The first kappa shape index (κ1) is 12.9. The van der Waals surface area contributed by atoms with E-state index in [2.05, 4.69) is 0 Å². The molecule has 0 aromatic heterocycles. The third-order valence-electron chi connectivity index (χ3n) is 1.99. The summed E-state index contributed by atoms with van der Waals surface area (Å²) < 4.78 is 0. The molecule has 0 saturated heterocycles. The monoisotopic (exact) mass is 203 g/mol. The number of carbonyl (C=O) groups excluding carboxylic acids is 1. The molecule has 0 aromatic carbocycles. The van der Waals surface area contributed by atoms with Gasteiger partial charge >= 0.3 is 5.97 Å². The molecule has 1 amide bonds. The molecule has 82 valence electrons. The molecule has 0 aliphatic heterocycles. The zero-order chi connectivity index (χ0) is 11.3. The predicted octanol–water partition coefficient (Wildman–Crippen LogP) is -0.0636. The van der Waals surface area contributed by atoms with E-state index < -0.39 is 17.8 Å². The van der Waals surface area contributed by atoms with Crippen molar-refractivity contribution in [3.63, 3.8) is 0 Å². The van der Waals surface area contributed by atoms with E-state index in [9.17, 15) is 9.59 Å². The van der Waals surface area contributed by atoms with Gasteiger partial charge in [0.25, 0.3) is 0 Å². The lowest BCUT2D eigenvalue weighted by Crippen LogP contribution is -2.43. The van der Waals surface area contributed by atoms with Crippen LogP contribution < -0.4 is 0 Å². The van der Waals surface area contributed by atoms with Crippen molar-refractivity contribution in [1.29, 1.82) is 0 Å². The van der Waals surface area contributed by atoms with Crippen molar-refractivity contribution in [2.45, 2.75) is 26.8 Å². The molecule has 0 saturated carbocycles. The highest BCUT2D eigenvalue weighted by Crippen LogP contribution is 2.06. The van der Waals surface area contributed by atoms with Crippen LogP contribution >= 0.6 is 0 Å². The summed E-state index contributed by atoms with van der Waals surface area (Å²) in [7, 11) is 0. The van der Waals surface area contributed by atoms with Gasteiger partial charge in [0.2, 0.25) is 5.91 Å². The molecule has 0 heterocycles. The average molecular weight is 203 g/mol. The number of aliphatic hydroxyl groups excluding tert-OH is 1. The Bertz CT molecular complexity index is 215. The van der Waals surface area contributed by atoms with E-state index in [1.807, 2.05) is 0 Å². The molecule has 0 rings (SSSR count). The number of carboxylic acid groups (broad SMARTS) is 1. The van der Waals surface area contributed by atoms with E-state index in [4.69, 9.17) is 10.2 Å². The third kappa shape index (κ3) is 3.33. The second kappa shape index (κ2) is 5.59. The maximum absolute atomic E-state index is 11.6. The Labute approximate surface area is 83.3 Å². The molecule has 0 aliphatic rings. The van der Waals surface area contributed by atoms with Gasteiger partial charge in [-0.1, -0.05) is 0 Å². The quantitative estimate of drug-likeness (QED) is 0.613. The van der Waals surface area contributed by atoms with Gasteiger partial charge < -0.3 is 15.1 Å². The van der Waals surface area contributed by atoms with E-state index in [1.54, 1.807) is 13.8 Å². The molecule has 2 N–H and O–H groups in total. The molecule has 0 aromatic rings. The SMILES string of the molecule is CC(C(=O)O)C(=O)N(CCO)C(C)C. The second-order valence-electron chi connectivity index (χ2n) is 3.41. The summed E-state index contributed by atoms with van der Waals surface area (Å²) >= 11 is 0. The van der Waals surface area contributed by atoms with Crippen LogP contribution in [0.3, 0.4) is 0 Å². The second-order valence-corrected chi connectivity index (χ2v) is 3.41. The van der Waals surface area contributed by atoms with Crippen LogP contribution in [0.1, 0.15) is 20.8 Å². The normalized spacial score (nSPS) is 12.6. The van der Waals surface area contributed by atoms with Crippen molar-refractivity contribution in [1.82, 2.24) is 4.90 Å². The first-order chi connectivity index (χ1) is 6.41. The Morgan fingerprint density at radius 2 is 1.79 bits per heavy atom. The summed E-state index contributed by atoms with van der Waals surface area (Å²) in [5.41, 5.74) is 0. The number of nitrogens with zero attached hydrogens (tertiary/aromatic N) is 1. The summed E-state index contributed by atoms with van der Waals surface area (Å²) in [4.78, 5) is 23.5. The topological polar surface area (TPSA) is 77.8 Å². The lowest BCUT2D eigenvalue weighted by Gasteiger charge is -2.27. The molecule has 1 unspecified atom stereocenters. The Kier molecular flexibility index (Phi) is 5.15. The van der Waals surface area contributed by atoms with Crippen LogP contribution in [0.15, 0.2) is 0 Å². The maximum Gasteiger partial charge on any atom is 0.315 e. The molecular formula is C9H17NO4. The fraction of sp³-hybridized carbons (Fsp3) is 0.778. The summed E-state index contributed by atoms with van der Waals surface area (Å²) in [6.45, 7) is 4.92. The summed E-state index contributed by atoms with van der Waals surface area (Å²) in [5.74, 6) is -2.65. The highest BCUT2D eigenvalue weighted by molar-refractivity contribution is 5.96. The molecule has 0 spiro atoms. The molecule has 5 nitrogen and oxygen atoms in total. The minimum absolute atomic E-state index is 0.101. The summed E-state index contributed by atoms with van der Waals surface area (Å²) in [5, 5.41) is 17.4. The van der Waals surface area contributed by atoms with Gasteiger partial charge in [-0.3, -0.25) is 9.59 Å². The molecule has 0 fully saturated rings. The van der Waals surface area contributed by atoms with Crippen molar-refractivity contribution >= 4 is 11.9 Å². The molecular weight excluding hydrogens is 186 g/mol. The number of aliphatic hydroxyl groups is 1. The maximum atomic E-state index is 11.6. The molecule has 5 heteroatoms. The summed E-state index contributed by atoms with van der Waals surface area (Å²) in [6.07, 6.45) is 0. The largest absolute Gasteiger partial charge is 0.481 e. The van der Waals surface area contributed by atoms with Gasteiger partial charge in [0, 0.05) is 12.6 Å². The fourth-order valence-electron chi connectivity index (χ4n) is 1.08. The zero-order valence-corrected chi connectivity index (χ0v) is 8.73. The van der Waals surface area contributed by atoms with Crippen molar-refractivity contribution in [2.24, 2.45) is 5.92 Å². The van der Waals surface area contributed by atoms with Crippen LogP contribution in [0.4, 0.5) is 0 Å². The van der Waals surface area contributed by atoms with E-state index in [0.717, 1.165) is 0 Å². The molecule has 0 bridgehead atoms. The number of amides is 1. The van der Waals surface area contributed by atoms with Gasteiger partial charge in [-0.05, 0) is 20.8 Å². The Morgan fingerprint density at radius 1 is 1.29 bits per heavy atom. The third-order valence-corrected chi connectivity index (χ3v) is 1.99. The van der Waals surface area contributed by atoms with E-state index >= 15 is 0 Å². The van der Waals surface area contributed by atoms with Crippen molar-refractivity contribution in [2.75, 3.05) is 13.2 Å². The lowest BCUT2D eigenvalue weighted by atomic mass is 10.1. The van der Waals surface area contributed by atoms with Crippen molar-refractivity contribution in [3.05, 3.63) is 0 Å². The van der Waals surface area contributed by atoms with Gasteiger partial charge in [-0.15, -0.1) is 0 Å². The minimum Gasteiger partial charge on any atom is -0.481 e. The van der Waals surface area contributed by atoms with Gasteiger partial charge in [0.15, 0.2) is 0 Å².